The van der Waals surface area contributed by atoms with Gasteiger partial charge in [-0.05, 0) is 51.5 Å². The summed E-state index contributed by atoms with van der Waals surface area (Å²) in [6.07, 6.45) is -8.69. The Bertz CT molecular complexity index is 2430. The van der Waals surface area contributed by atoms with Crippen LogP contribution in [0.15, 0.2) is 60.2 Å². The van der Waals surface area contributed by atoms with Gasteiger partial charge in [-0.1, -0.05) is 88.4 Å². The average Bonchev–Trinajstić information content (AvgIpc) is 1.35. The maximum Gasteiger partial charge on any atom is 0.308 e. The van der Waals surface area contributed by atoms with Crippen molar-refractivity contribution in [3.05, 3.63) is 60.2 Å². The van der Waals surface area contributed by atoms with E-state index in [9.17, 15) is 54.9 Å². The molecule has 0 aromatic carbocycles. The first-order chi connectivity index (χ1) is 39.8. The Kier molecular flexibility index (Phi) is 23.5. The second-order valence-electron chi connectivity index (χ2n) is 25.9. The highest BCUT2D eigenvalue weighted by molar-refractivity contribution is 6.30. The van der Waals surface area contributed by atoms with Crippen LogP contribution in [0, 0.1) is 23.7 Å². The van der Waals surface area contributed by atoms with Gasteiger partial charge in [0.2, 0.25) is 0 Å². The van der Waals surface area contributed by atoms with E-state index in [1.807, 2.05) is 12.2 Å². The number of aliphatic hydroxyl groups excluding tert-OH is 5. The van der Waals surface area contributed by atoms with Crippen LogP contribution in [0.2, 0.25) is 0 Å². The van der Waals surface area contributed by atoms with E-state index in [-0.39, 0.29) is 81.1 Å². The van der Waals surface area contributed by atoms with Gasteiger partial charge in [-0.2, -0.15) is 0 Å². The Balaban J connectivity index is 1.22. The van der Waals surface area contributed by atoms with E-state index in [2.05, 4.69) is 19.7 Å². The molecule has 6 fully saturated rings. The molecule has 0 unspecified atom stereocenters. The minimum atomic E-state index is -2.40. The first-order valence-electron chi connectivity index (χ1n) is 30.3. The van der Waals surface area contributed by atoms with Crippen LogP contribution in [0.25, 0.3) is 0 Å². The lowest BCUT2D eigenvalue weighted by molar-refractivity contribution is -0.351. The zero-order valence-electron chi connectivity index (χ0n) is 50.7. The van der Waals surface area contributed by atoms with Crippen molar-refractivity contribution in [2.45, 2.75) is 278 Å². The molecule has 0 saturated carbocycles. The van der Waals surface area contributed by atoms with E-state index in [0.29, 0.717) is 43.3 Å². The van der Waals surface area contributed by atoms with Crippen LogP contribution in [0.1, 0.15) is 158 Å². The van der Waals surface area contributed by atoms with E-state index in [1.54, 1.807) is 41.7 Å². The van der Waals surface area contributed by atoms with Crippen molar-refractivity contribution in [3.8, 4) is 0 Å². The Labute approximate surface area is 505 Å². The molecule has 0 aliphatic carbocycles. The van der Waals surface area contributed by atoms with Crippen LogP contribution in [-0.2, 0) is 66.5 Å². The molecular weight excluding hydrogens is 1130 g/mol. The molecule has 22 heteroatoms. The van der Waals surface area contributed by atoms with Crippen molar-refractivity contribution in [3.63, 3.8) is 0 Å². The molecule has 0 amide bonds. The Morgan fingerprint density at radius 1 is 0.812 bits per heavy atom. The third-order valence-corrected chi connectivity index (χ3v) is 18.4. The normalized spacial score (nSPS) is 44.5. The zero-order valence-corrected chi connectivity index (χ0v) is 51.5. The van der Waals surface area contributed by atoms with Gasteiger partial charge in [0.15, 0.2) is 17.4 Å². The second kappa shape index (κ2) is 29.0. The highest BCUT2D eigenvalue weighted by Crippen LogP contribution is 2.48. The summed E-state index contributed by atoms with van der Waals surface area (Å²) in [4.78, 5) is 54.3. The van der Waals surface area contributed by atoms with Crippen LogP contribution in [0.4, 0.5) is 0 Å². The van der Waals surface area contributed by atoms with E-state index in [1.165, 1.54) is 26.0 Å². The van der Waals surface area contributed by atoms with Crippen molar-refractivity contribution in [2.24, 2.45) is 23.7 Å². The maximum absolute atomic E-state index is 14.5. The number of esters is 3. The van der Waals surface area contributed by atoms with Gasteiger partial charge in [0.1, 0.15) is 36.3 Å². The summed E-state index contributed by atoms with van der Waals surface area (Å²) in [6, 6.07) is 0. The predicted molar refractivity (Wildman–Crippen MR) is 308 cm³/mol. The lowest BCUT2D eigenvalue weighted by atomic mass is 9.78. The smallest absolute Gasteiger partial charge is 0.308 e. The number of ether oxygens (including phenoxy) is 10. The number of methoxy groups -OCH3 is 1. The summed E-state index contributed by atoms with van der Waals surface area (Å²) in [5.74, 6) is -10.7. The Morgan fingerprint density at radius 3 is 2.15 bits per heavy atom. The van der Waals surface area contributed by atoms with Crippen molar-refractivity contribution >= 4 is 35.3 Å². The fraction of sp³-hybridized carbons (Fsp3) is 0.778. The molecule has 85 heavy (non-hydrogen) atoms. The number of ketones is 1. The SMILES string of the molecule is C=C(Cl)/C=C/[C@H](O)CC(=C)C[C@H]1O[C@H]2[C@H](C)[C@@H](OC(=O)C[C@@H]3C[C@@H](OC(C)=O)C[C@]4(C[C@](C)(O)C[C@@H](CC(=C)[C@H](C)[C@H](OC(C)=O)[C@@H](C)C(=O)C[C@@H]5C[C@H](OC)C[C@@]6(C[C@H](O)C[C@@H](/C=C\CCC[C@H]7O[C@](O)(C[C@H](O)[C@H]7C)[C@@H]2O)O6)O5)O4)O3)[C@@H]1O. The first-order valence-corrected chi connectivity index (χ1v) is 30.7. The fourth-order valence-electron chi connectivity index (χ4n) is 14.1. The molecule has 7 N–H and O–H groups in total. The standard InChI is InChI=1S/C63H95ClO21/c1-33(19-42(67)18-17-35(3)64)20-53-55(72)57-39(7)58(79-53)59(73)63(75)31-51(70)37(5)52(85-63)16-14-12-13-15-44-22-43(68)27-61(81-44)29-47(76-11)23-45(82-61)25-50(69)38(6)56(78-41(9)66)36(4)34(2)21-49-28-60(10,74)32-62(84-49)30-48(77-40(8)65)24-46(83-62)26-54(71)80-57/h13,15,17-18,36-39,42-49,51-53,55-59,67-68,70,72-75H,1-3,12,14,16,19-32H2,4-11H3/b15-13-,18-17+/t36-,37+,38-,39+,42-,43+,44+,45-,46-,47-,48+,49+,51-,52+,53+,55+,56-,57+,58-,59+,60+,61+,62-,63+/m0/s1. The first kappa shape index (κ1) is 69.0. The second-order valence-corrected chi connectivity index (χ2v) is 26.4. The van der Waals surface area contributed by atoms with Gasteiger partial charge in [0, 0.05) is 108 Å². The molecular formula is C63H95ClO21. The van der Waals surface area contributed by atoms with Gasteiger partial charge in [-0.25, -0.2) is 0 Å². The summed E-state index contributed by atoms with van der Waals surface area (Å²) in [6.45, 7) is 23.1. The van der Waals surface area contributed by atoms with Gasteiger partial charge in [-0.3, -0.25) is 19.2 Å². The fourth-order valence-corrected chi connectivity index (χ4v) is 14.2. The van der Waals surface area contributed by atoms with Gasteiger partial charge < -0.3 is 83.1 Å². The van der Waals surface area contributed by atoms with E-state index in [4.69, 9.17) is 59.0 Å². The van der Waals surface area contributed by atoms with Gasteiger partial charge in [-0.15, -0.1) is 0 Å². The van der Waals surface area contributed by atoms with Crippen LogP contribution in [-0.4, -0.2) is 187 Å². The number of hydrogen-bond acceptors (Lipinski definition) is 21. The number of halogens is 1. The molecule has 7 aliphatic heterocycles. The quantitative estimate of drug-likeness (QED) is 0.0611. The monoisotopic (exact) mass is 1220 g/mol. The number of carbonyl (C=O) groups is 4. The van der Waals surface area contributed by atoms with E-state index < -0.39 is 169 Å². The van der Waals surface area contributed by atoms with Gasteiger partial charge >= 0.3 is 17.9 Å². The van der Waals surface area contributed by atoms with Crippen molar-refractivity contribution in [1.29, 1.82) is 0 Å². The summed E-state index contributed by atoms with van der Waals surface area (Å²) >= 11 is 5.89. The summed E-state index contributed by atoms with van der Waals surface area (Å²) < 4.78 is 63.4. The third kappa shape index (κ3) is 18.1. The van der Waals surface area contributed by atoms with Crippen molar-refractivity contribution in [2.75, 3.05) is 7.11 Å². The zero-order chi connectivity index (χ0) is 62.5. The summed E-state index contributed by atoms with van der Waals surface area (Å²) in [5, 5.41) is 82.6. The number of allylic oxidation sites excluding steroid dienone is 3. The molecule has 480 valence electrons. The molecule has 24 atom stereocenters. The molecule has 2 spiro atoms. The van der Waals surface area contributed by atoms with Gasteiger partial charge in [0.05, 0.1) is 85.1 Å². The highest BCUT2D eigenvalue weighted by Gasteiger charge is 2.58. The molecule has 7 aliphatic rings. The predicted octanol–water partition coefficient (Wildman–Crippen LogP) is 5.91. The van der Waals surface area contributed by atoms with Crippen molar-refractivity contribution < 1.29 is 102 Å². The average molecular weight is 1220 g/mol. The lowest BCUT2D eigenvalue weighted by Crippen LogP contribution is -2.65. The van der Waals surface area contributed by atoms with Crippen molar-refractivity contribution in [1.82, 2.24) is 0 Å². The number of rotatable bonds is 9. The van der Waals surface area contributed by atoms with E-state index >= 15 is 0 Å². The van der Waals surface area contributed by atoms with Crippen LogP contribution in [0.5, 0.6) is 0 Å². The molecule has 7 rings (SSSR count). The Hall–Kier alpha value is -3.49. The number of carbonyl (C=O) groups excluding carboxylic acids is 4. The topological polar surface area (TPSA) is 302 Å². The molecule has 10 bridgehead atoms. The Morgan fingerprint density at radius 2 is 1.47 bits per heavy atom. The summed E-state index contributed by atoms with van der Waals surface area (Å²) in [5.41, 5.74) is -0.508. The summed E-state index contributed by atoms with van der Waals surface area (Å²) in [7, 11) is 1.57. The molecule has 0 aromatic heterocycles. The number of fused-ring (bicyclic) bond motifs is 8. The molecule has 6 saturated heterocycles. The molecule has 7 heterocycles. The largest absolute Gasteiger partial charge is 0.462 e. The molecule has 0 aromatic rings. The van der Waals surface area contributed by atoms with Crippen LogP contribution < -0.4 is 0 Å². The lowest BCUT2D eigenvalue weighted by Gasteiger charge is -2.52. The molecule has 21 nitrogen and oxygen atoms in total. The van der Waals surface area contributed by atoms with Crippen LogP contribution >= 0.6 is 11.6 Å². The number of Topliss-reactive ketones (excluding diaryl/α,β-unsaturated/α-hetero) is 1. The minimum Gasteiger partial charge on any atom is -0.462 e. The highest BCUT2D eigenvalue weighted by atomic mass is 35.5. The van der Waals surface area contributed by atoms with Crippen LogP contribution in [0.3, 0.4) is 0 Å². The number of aliphatic hydroxyl groups is 7. The maximum atomic E-state index is 14.5. The van der Waals surface area contributed by atoms with E-state index in [0.717, 1.165) is 0 Å². The third-order valence-electron chi connectivity index (χ3n) is 18.3. The minimum absolute atomic E-state index is 0.00321. The number of hydrogen-bond donors (Lipinski definition) is 7. The molecule has 0 radical (unpaired) electrons. The van der Waals surface area contributed by atoms with Gasteiger partial charge in [0.25, 0.3) is 0 Å².